The Balaban J connectivity index is 1.84. The van der Waals surface area contributed by atoms with Gasteiger partial charge < -0.3 is 9.64 Å². The molecule has 1 amide bonds. The maximum Gasteiger partial charge on any atom is 0.409 e. The Bertz CT molecular complexity index is 727. The van der Waals surface area contributed by atoms with Crippen LogP contribution in [0.15, 0.2) is 29.2 Å². The zero-order chi connectivity index (χ0) is 18.4. The van der Waals surface area contributed by atoms with Gasteiger partial charge in [-0.05, 0) is 19.1 Å². The number of ketones is 1. The highest BCUT2D eigenvalue weighted by atomic mass is 32.2. The van der Waals surface area contributed by atoms with Crippen LogP contribution >= 0.6 is 0 Å². The molecule has 138 valence electrons. The minimum absolute atomic E-state index is 0.0794. The molecule has 1 fully saturated rings. The lowest BCUT2D eigenvalue weighted by Gasteiger charge is -2.33. The molecule has 1 aliphatic rings. The van der Waals surface area contributed by atoms with Crippen molar-refractivity contribution in [1.82, 2.24) is 14.5 Å². The van der Waals surface area contributed by atoms with E-state index in [-0.39, 0.29) is 23.3 Å². The molecule has 25 heavy (non-hydrogen) atoms. The molecule has 1 N–H and O–H groups in total. The number of methoxy groups -OCH3 is 1. The summed E-state index contributed by atoms with van der Waals surface area (Å²) in [6, 6.07) is 5.98. The smallest absolute Gasteiger partial charge is 0.409 e. The van der Waals surface area contributed by atoms with Crippen LogP contribution in [0.2, 0.25) is 0 Å². The molecule has 0 bridgehead atoms. The largest absolute Gasteiger partial charge is 0.453 e. The fourth-order valence-electron chi connectivity index (χ4n) is 2.59. The highest BCUT2D eigenvalue weighted by Crippen LogP contribution is 2.12. The third kappa shape index (κ3) is 5.25. The monoisotopic (exact) mass is 369 g/mol. The Labute approximate surface area is 147 Å². The fraction of sp³-hybridized carbons (Fsp3) is 0.500. The summed E-state index contributed by atoms with van der Waals surface area (Å²) in [5.41, 5.74) is 0.363. The molecule has 0 aromatic heterocycles. The SMILES string of the molecule is COC(=O)N1CCN(CCNS(=O)(=O)c2cccc(C(C)=O)c2)CC1. The maximum atomic E-state index is 12.3. The van der Waals surface area contributed by atoms with Crippen molar-refractivity contribution in [3.63, 3.8) is 0 Å². The standard InChI is InChI=1S/C16H23N3O5S/c1-13(20)14-4-3-5-15(12-14)25(22,23)17-6-7-18-8-10-19(11-9-18)16(21)24-2/h3-5,12,17H,6-11H2,1-2H3. The van der Waals surface area contributed by atoms with Gasteiger partial charge in [-0.1, -0.05) is 12.1 Å². The lowest BCUT2D eigenvalue weighted by Crippen LogP contribution is -2.50. The first-order chi connectivity index (χ1) is 11.8. The topological polar surface area (TPSA) is 96.0 Å². The zero-order valence-corrected chi connectivity index (χ0v) is 15.2. The van der Waals surface area contributed by atoms with Crippen molar-refractivity contribution in [3.8, 4) is 0 Å². The van der Waals surface area contributed by atoms with Gasteiger partial charge in [0.1, 0.15) is 0 Å². The molecule has 1 aromatic carbocycles. The molecule has 1 aromatic rings. The molecular formula is C16H23N3O5S. The van der Waals surface area contributed by atoms with Gasteiger partial charge >= 0.3 is 6.09 Å². The molecule has 1 saturated heterocycles. The Kier molecular flexibility index (Phi) is 6.51. The second-order valence-electron chi connectivity index (χ2n) is 5.78. The Morgan fingerprint density at radius 3 is 2.48 bits per heavy atom. The number of nitrogens with zero attached hydrogens (tertiary/aromatic N) is 2. The number of rotatable bonds is 6. The zero-order valence-electron chi connectivity index (χ0n) is 14.4. The summed E-state index contributed by atoms with van der Waals surface area (Å²) in [6.07, 6.45) is -0.342. The van der Waals surface area contributed by atoms with E-state index in [2.05, 4.69) is 14.4 Å². The normalized spacial score (nSPS) is 15.8. The van der Waals surface area contributed by atoms with E-state index in [0.717, 1.165) is 0 Å². The molecule has 0 saturated carbocycles. The number of benzene rings is 1. The van der Waals surface area contributed by atoms with Crippen LogP contribution in [0.25, 0.3) is 0 Å². The van der Waals surface area contributed by atoms with Gasteiger partial charge in [0.2, 0.25) is 10.0 Å². The molecule has 1 heterocycles. The average Bonchev–Trinajstić information content (AvgIpc) is 2.61. The van der Waals surface area contributed by atoms with E-state index in [9.17, 15) is 18.0 Å². The van der Waals surface area contributed by atoms with Gasteiger partial charge in [-0.25, -0.2) is 17.9 Å². The second kappa shape index (κ2) is 8.41. The molecule has 0 aliphatic carbocycles. The van der Waals surface area contributed by atoms with Crippen molar-refractivity contribution in [1.29, 1.82) is 0 Å². The molecule has 0 spiro atoms. The molecule has 9 heteroatoms. The summed E-state index contributed by atoms with van der Waals surface area (Å²) in [7, 11) is -2.31. The molecule has 2 rings (SSSR count). The molecule has 8 nitrogen and oxygen atoms in total. The van der Waals surface area contributed by atoms with Crippen LogP contribution in [0.1, 0.15) is 17.3 Å². The van der Waals surface area contributed by atoms with E-state index in [1.165, 1.54) is 26.2 Å². The van der Waals surface area contributed by atoms with Gasteiger partial charge in [0.05, 0.1) is 12.0 Å². The predicted molar refractivity (Wildman–Crippen MR) is 92.1 cm³/mol. The third-order valence-electron chi connectivity index (χ3n) is 4.08. The van der Waals surface area contributed by atoms with Gasteiger partial charge in [-0.15, -0.1) is 0 Å². The fourth-order valence-corrected chi connectivity index (χ4v) is 3.65. The number of ether oxygens (including phenoxy) is 1. The molecule has 0 unspecified atom stereocenters. The van der Waals surface area contributed by atoms with Crippen molar-refractivity contribution in [3.05, 3.63) is 29.8 Å². The van der Waals surface area contributed by atoms with Crippen molar-refractivity contribution in [2.24, 2.45) is 0 Å². The number of Topliss-reactive ketones (excluding diaryl/α,β-unsaturated/α-hetero) is 1. The van der Waals surface area contributed by atoms with Gasteiger partial charge in [-0.3, -0.25) is 9.69 Å². The highest BCUT2D eigenvalue weighted by molar-refractivity contribution is 7.89. The van der Waals surface area contributed by atoms with Crippen LogP contribution < -0.4 is 4.72 Å². The van der Waals surface area contributed by atoms with Crippen LogP contribution in [0.3, 0.4) is 0 Å². The second-order valence-corrected chi connectivity index (χ2v) is 7.55. The summed E-state index contributed by atoms with van der Waals surface area (Å²) in [6.45, 7) is 4.63. The summed E-state index contributed by atoms with van der Waals surface area (Å²) < 4.78 is 31.9. The quantitative estimate of drug-likeness (QED) is 0.736. The first-order valence-corrected chi connectivity index (χ1v) is 9.48. The Morgan fingerprint density at radius 1 is 1.20 bits per heavy atom. The van der Waals surface area contributed by atoms with Gasteiger partial charge in [0.15, 0.2) is 5.78 Å². The first kappa shape index (κ1) is 19.4. The van der Waals surface area contributed by atoms with Crippen LogP contribution in [-0.4, -0.2) is 76.5 Å². The summed E-state index contributed by atoms with van der Waals surface area (Å²) in [5.74, 6) is -0.180. The molecule has 0 atom stereocenters. The van der Waals surface area contributed by atoms with Crippen LogP contribution in [-0.2, 0) is 14.8 Å². The molecule has 0 radical (unpaired) electrons. The maximum absolute atomic E-state index is 12.3. The number of amides is 1. The van der Waals surface area contributed by atoms with Crippen molar-refractivity contribution >= 4 is 21.9 Å². The predicted octanol–water partition coefficient (Wildman–Crippen LogP) is 0.552. The van der Waals surface area contributed by atoms with Crippen molar-refractivity contribution < 1.29 is 22.7 Å². The highest BCUT2D eigenvalue weighted by Gasteiger charge is 2.22. The van der Waals surface area contributed by atoms with E-state index < -0.39 is 10.0 Å². The van der Waals surface area contributed by atoms with Crippen molar-refractivity contribution in [2.75, 3.05) is 46.4 Å². The Hall–Kier alpha value is -1.97. The minimum Gasteiger partial charge on any atom is -0.453 e. The van der Waals surface area contributed by atoms with Crippen LogP contribution in [0.5, 0.6) is 0 Å². The van der Waals surface area contributed by atoms with Crippen LogP contribution in [0, 0.1) is 0 Å². The van der Waals surface area contributed by atoms with E-state index in [1.807, 2.05) is 0 Å². The number of carbonyl (C=O) groups is 2. The third-order valence-corrected chi connectivity index (χ3v) is 5.53. The molecule has 1 aliphatic heterocycles. The number of sulfonamides is 1. The minimum atomic E-state index is -3.66. The van der Waals surface area contributed by atoms with Crippen LogP contribution in [0.4, 0.5) is 4.79 Å². The number of piperazine rings is 1. The first-order valence-electron chi connectivity index (χ1n) is 7.99. The Morgan fingerprint density at radius 2 is 1.88 bits per heavy atom. The summed E-state index contributed by atoms with van der Waals surface area (Å²) in [5, 5.41) is 0. The number of hydrogen-bond acceptors (Lipinski definition) is 6. The van der Waals surface area contributed by atoms with Crippen molar-refractivity contribution in [2.45, 2.75) is 11.8 Å². The van der Waals surface area contributed by atoms with Gasteiger partial charge in [-0.2, -0.15) is 0 Å². The summed E-state index contributed by atoms with van der Waals surface area (Å²) in [4.78, 5) is 26.6. The van der Waals surface area contributed by atoms with E-state index in [0.29, 0.717) is 38.3 Å². The number of hydrogen-bond donors (Lipinski definition) is 1. The lowest BCUT2D eigenvalue weighted by atomic mass is 10.2. The van der Waals surface area contributed by atoms with E-state index in [1.54, 1.807) is 17.0 Å². The van der Waals surface area contributed by atoms with Gasteiger partial charge in [0.25, 0.3) is 0 Å². The summed E-state index contributed by atoms with van der Waals surface area (Å²) >= 11 is 0. The van der Waals surface area contributed by atoms with E-state index in [4.69, 9.17) is 0 Å². The molecular weight excluding hydrogens is 346 g/mol. The lowest BCUT2D eigenvalue weighted by molar-refractivity contribution is 0.0917. The van der Waals surface area contributed by atoms with Gasteiger partial charge in [0, 0.05) is 44.8 Å². The number of carbonyl (C=O) groups excluding carboxylic acids is 2. The number of nitrogens with one attached hydrogen (secondary N) is 1. The van der Waals surface area contributed by atoms with E-state index >= 15 is 0 Å². The average molecular weight is 369 g/mol.